The number of likely N-dealkylation sites (tertiary alicyclic amines) is 1. The first kappa shape index (κ1) is 13.6. The fourth-order valence-electron chi connectivity index (χ4n) is 3.25. The number of nitrogens with zero attached hydrogens (tertiary/aromatic N) is 1. The summed E-state index contributed by atoms with van der Waals surface area (Å²) >= 11 is 0. The predicted octanol–water partition coefficient (Wildman–Crippen LogP) is 3.07. The Labute approximate surface area is 111 Å². The smallest absolute Gasteiger partial charge is 0.0478 e. The van der Waals surface area contributed by atoms with Crippen LogP contribution in [0.5, 0.6) is 0 Å². The lowest BCUT2D eigenvalue weighted by atomic mass is 9.90. The zero-order valence-corrected chi connectivity index (χ0v) is 11.9. The predicted molar refractivity (Wildman–Crippen MR) is 77.7 cm³/mol. The molecule has 1 N–H and O–H groups in total. The lowest BCUT2D eigenvalue weighted by Gasteiger charge is -2.37. The second-order valence-corrected chi connectivity index (χ2v) is 5.65. The molecule has 2 unspecified atom stereocenters. The number of rotatable bonds is 5. The van der Waals surface area contributed by atoms with Gasteiger partial charge in [0.2, 0.25) is 0 Å². The zero-order valence-electron chi connectivity index (χ0n) is 11.9. The molecule has 1 aromatic rings. The van der Waals surface area contributed by atoms with Crippen LogP contribution in [0.15, 0.2) is 30.3 Å². The van der Waals surface area contributed by atoms with E-state index in [4.69, 9.17) is 0 Å². The second kappa shape index (κ2) is 6.35. The van der Waals surface area contributed by atoms with E-state index in [0.29, 0.717) is 18.0 Å². The van der Waals surface area contributed by atoms with E-state index >= 15 is 0 Å². The van der Waals surface area contributed by atoms with E-state index in [0.717, 1.165) is 0 Å². The van der Waals surface area contributed by atoms with Gasteiger partial charge in [-0.15, -0.1) is 0 Å². The average Bonchev–Trinajstić information content (AvgIpc) is 2.89. The number of hydrogen-bond donors (Lipinski definition) is 1. The Morgan fingerprint density at radius 3 is 2.17 bits per heavy atom. The van der Waals surface area contributed by atoms with Crippen LogP contribution in [0.3, 0.4) is 0 Å². The van der Waals surface area contributed by atoms with Crippen molar-refractivity contribution in [2.75, 3.05) is 20.1 Å². The van der Waals surface area contributed by atoms with Crippen molar-refractivity contribution in [1.29, 1.82) is 0 Å². The van der Waals surface area contributed by atoms with Gasteiger partial charge in [0, 0.05) is 12.1 Å². The molecule has 0 spiro atoms. The van der Waals surface area contributed by atoms with Crippen LogP contribution in [0.4, 0.5) is 0 Å². The Kier molecular flexibility index (Phi) is 4.79. The topological polar surface area (TPSA) is 15.3 Å². The molecule has 1 heterocycles. The first-order chi connectivity index (χ1) is 8.74. The van der Waals surface area contributed by atoms with Gasteiger partial charge in [-0.3, -0.25) is 4.90 Å². The van der Waals surface area contributed by atoms with Gasteiger partial charge in [0.15, 0.2) is 0 Å². The van der Waals surface area contributed by atoms with Crippen LogP contribution in [0.25, 0.3) is 0 Å². The molecule has 18 heavy (non-hydrogen) atoms. The Hall–Kier alpha value is -0.860. The summed E-state index contributed by atoms with van der Waals surface area (Å²) in [5.41, 5.74) is 1.41. The molecule has 2 heteroatoms. The maximum absolute atomic E-state index is 3.54. The summed E-state index contributed by atoms with van der Waals surface area (Å²) in [5.74, 6) is 0.667. The normalized spacial score (nSPS) is 20.2. The summed E-state index contributed by atoms with van der Waals surface area (Å²) in [7, 11) is 2.09. The molecule has 1 aliphatic heterocycles. The number of likely N-dealkylation sites (N-methyl/N-ethyl adjacent to an activating group) is 1. The lowest BCUT2D eigenvalue weighted by Crippen LogP contribution is -2.45. The van der Waals surface area contributed by atoms with Crippen LogP contribution in [-0.2, 0) is 0 Å². The van der Waals surface area contributed by atoms with Crippen LogP contribution in [0.1, 0.15) is 38.3 Å². The third-order valence-electron chi connectivity index (χ3n) is 4.06. The molecule has 1 saturated heterocycles. The lowest BCUT2D eigenvalue weighted by molar-refractivity contribution is 0.149. The summed E-state index contributed by atoms with van der Waals surface area (Å²) in [4.78, 5) is 2.67. The van der Waals surface area contributed by atoms with Gasteiger partial charge in [-0.2, -0.15) is 0 Å². The van der Waals surface area contributed by atoms with Crippen molar-refractivity contribution in [3.05, 3.63) is 35.9 Å². The molecule has 2 nitrogen and oxygen atoms in total. The summed E-state index contributed by atoms with van der Waals surface area (Å²) in [6.07, 6.45) is 2.71. The third kappa shape index (κ3) is 2.93. The third-order valence-corrected chi connectivity index (χ3v) is 4.06. The van der Waals surface area contributed by atoms with Gasteiger partial charge in [0.05, 0.1) is 0 Å². The number of hydrogen-bond acceptors (Lipinski definition) is 2. The van der Waals surface area contributed by atoms with Gasteiger partial charge in [-0.1, -0.05) is 44.2 Å². The van der Waals surface area contributed by atoms with Crippen LogP contribution < -0.4 is 5.32 Å². The summed E-state index contributed by atoms with van der Waals surface area (Å²) in [6, 6.07) is 11.9. The van der Waals surface area contributed by atoms with Gasteiger partial charge in [-0.25, -0.2) is 0 Å². The number of nitrogens with one attached hydrogen (secondary N) is 1. The highest BCUT2D eigenvalue weighted by atomic mass is 15.2. The largest absolute Gasteiger partial charge is 0.312 e. The molecule has 0 saturated carbocycles. The summed E-state index contributed by atoms with van der Waals surface area (Å²) in [6.45, 7) is 7.20. The summed E-state index contributed by atoms with van der Waals surface area (Å²) < 4.78 is 0. The fraction of sp³-hybridized carbons (Fsp3) is 0.625. The Balaban J connectivity index is 2.22. The maximum atomic E-state index is 3.54. The van der Waals surface area contributed by atoms with Gasteiger partial charge in [0.25, 0.3) is 0 Å². The maximum Gasteiger partial charge on any atom is 0.0478 e. The van der Waals surface area contributed by atoms with E-state index in [-0.39, 0.29) is 0 Å². The molecule has 1 fully saturated rings. The molecule has 0 bridgehead atoms. The van der Waals surface area contributed by atoms with Crippen LogP contribution >= 0.6 is 0 Å². The van der Waals surface area contributed by atoms with Crippen molar-refractivity contribution in [1.82, 2.24) is 10.2 Å². The molecule has 0 aromatic heterocycles. The number of benzene rings is 1. The minimum absolute atomic E-state index is 0.435. The zero-order chi connectivity index (χ0) is 13.0. The van der Waals surface area contributed by atoms with Crippen LogP contribution in [0.2, 0.25) is 0 Å². The van der Waals surface area contributed by atoms with Gasteiger partial charge in [0.1, 0.15) is 0 Å². The van der Waals surface area contributed by atoms with Crippen molar-refractivity contribution >= 4 is 0 Å². The van der Waals surface area contributed by atoms with E-state index in [2.05, 4.69) is 61.4 Å². The Bertz CT molecular complexity index is 341. The first-order valence-electron chi connectivity index (χ1n) is 7.20. The van der Waals surface area contributed by atoms with Gasteiger partial charge in [-0.05, 0) is 44.5 Å². The van der Waals surface area contributed by atoms with Crippen molar-refractivity contribution in [3.63, 3.8) is 0 Å². The van der Waals surface area contributed by atoms with Crippen molar-refractivity contribution in [2.24, 2.45) is 5.92 Å². The molecule has 2 rings (SSSR count). The monoisotopic (exact) mass is 246 g/mol. The van der Waals surface area contributed by atoms with Gasteiger partial charge < -0.3 is 5.32 Å². The first-order valence-corrected chi connectivity index (χ1v) is 7.20. The highest BCUT2D eigenvalue weighted by Gasteiger charge is 2.31. The Morgan fingerprint density at radius 2 is 1.67 bits per heavy atom. The average molecular weight is 246 g/mol. The van der Waals surface area contributed by atoms with Gasteiger partial charge >= 0.3 is 0 Å². The molecule has 100 valence electrons. The second-order valence-electron chi connectivity index (χ2n) is 5.65. The van der Waals surface area contributed by atoms with Crippen molar-refractivity contribution in [2.45, 2.75) is 38.8 Å². The fourth-order valence-corrected chi connectivity index (χ4v) is 3.25. The minimum Gasteiger partial charge on any atom is -0.312 e. The Morgan fingerprint density at radius 1 is 1.06 bits per heavy atom. The van der Waals surface area contributed by atoms with Crippen LogP contribution in [-0.4, -0.2) is 31.1 Å². The quantitative estimate of drug-likeness (QED) is 0.859. The molecule has 2 atom stereocenters. The standard InChI is InChI=1S/C16H26N2/c1-13(2)16(18-11-7-8-12-18)15(17-3)14-9-5-4-6-10-14/h4-6,9-10,13,15-17H,7-8,11-12H2,1-3H3. The van der Waals surface area contributed by atoms with E-state index in [9.17, 15) is 0 Å². The van der Waals surface area contributed by atoms with E-state index in [1.807, 2.05) is 0 Å². The molecule has 0 radical (unpaired) electrons. The SMILES string of the molecule is CNC(c1ccccc1)C(C(C)C)N1CCCC1. The minimum atomic E-state index is 0.435. The molecular weight excluding hydrogens is 220 g/mol. The van der Waals surface area contributed by atoms with Crippen molar-refractivity contribution < 1.29 is 0 Å². The van der Waals surface area contributed by atoms with Crippen LogP contribution in [0, 0.1) is 5.92 Å². The highest BCUT2D eigenvalue weighted by molar-refractivity contribution is 5.21. The van der Waals surface area contributed by atoms with E-state index in [1.165, 1.54) is 31.5 Å². The van der Waals surface area contributed by atoms with E-state index in [1.54, 1.807) is 0 Å². The highest BCUT2D eigenvalue weighted by Crippen LogP contribution is 2.28. The molecule has 1 aromatic carbocycles. The molecule has 0 amide bonds. The van der Waals surface area contributed by atoms with E-state index < -0.39 is 0 Å². The molecule has 0 aliphatic carbocycles. The molecular formula is C16H26N2. The van der Waals surface area contributed by atoms with Crippen molar-refractivity contribution in [3.8, 4) is 0 Å². The summed E-state index contributed by atoms with van der Waals surface area (Å²) in [5, 5.41) is 3.54. The molecule has 1 aliphatic rings.